The van der Waals surface area contributed by atoms with Crippen LogP contribution in [0.1, 0.15) is 44.9 Å². The van der Waals surface area contributed by atoms with Crippen LogP contribution in [-0.2, 0) is 9.47 Å². The van der Waals surface area contributed by atoms with Crippen LogP contribution in [0.15, 0.2) is 23.7 Å². The first kappa shape index (κ1) is 17.1. The molecular weight excluding hydrogens is 326 g/mol. The molecule has 1 heterocycles. The van der Waals surface area contributed by atoms with Crippen molar-refractivity contribution in [2.24, 2.45) is 29.1 Å². The SMILES string of the molecule is COC1=C(O)C2C(C=C1)C[C@@H]1C3CCC(OC)C[C@]23CCN1CC1CC1. The molecule has 0 radical (unpaired) electrons. The van der Waals surface area contributed by atoms with E-state index < -0.39 is 0 Å². The first-order valence-corrected chi connectivity index (χ1v) is 10.6. The van der Waals surface area contributed by atoms with Gasteiger partial charge < -0.3 is 14.6 Å². The first-order valence-electron chi connectivity index (χ1n) is 10.6. The second-order valence-corrected chi connectivity index (χ2v) is 9.42. The molecule has 1 N–H and O–H groups in total. The highest BCUT2D eigenvalue weighted by Gasteiger charge is 2.62. The summed E-state index contributed by atoms with van der Waals surface area (Å²) in [5.74, 6) is 3.48. The van der Waals surface area contributed by atoms with E-state index in [1.807, 2.05) is 13.2 Å². The summed E-state index contributed by atoms with van der Waals surface area (Å²) in [6, 6.07) is 0.685. The van der Waals surface area contributed by atoms with Crippen molar-refractivity contribution in [2.45, 2.75) is 57.1 Å². The largest absolute Gasteiger partial charge is 0.508 e. The zero-order chi connectivity index (χ0) is 17.9. The maximum Gasteiger partial charge on any atom is 0.156 e. The molecule has 2 bridgehead atoms. The number of aliphatic hydroxyl groups is 1. The number of allylic oxidation sites excluding steroid dienone is 3. The number of rotatable bonds is 4. The number of aliphatic hydroxyl groups excluding tert-OH is 1. The lowest BCUT2D eigenvalue weighted by Gasteiger charge is -2.64. The van der Waals surface area contributed by atoms with Crippen molar-refractivity contribution in [3.05, 3.63) is 23.7 Å². The molecule has 0 aromatic carbocycles. The summed E-state index contributed by atoms with van der Waals surface area (Å²) in [5, 5.41) is 11.1. The Balaban J connectivity index is 1.53. The van der Waals surface area contributed by atoms with Gasteiger partial charge in [0, 0.05) is 25.6 Å². The molecular formula is C22H33NO3. The van der Waals surface area contributed by atoms with Crippen molar-refractivity contribution in [3.8, 4) is 0 Å². The molecule has 144 valence electrons. The molecule has 5 rings (SSSR count). The predicted octanol–water partition coefficient (Wildman–Crippen LogP) is 3.89. The quantitative estimate of drug-likeness (QED) is 0.827. The van der Waals surface area contributed by atoms with Crippen molar-refractivity contribution in [1.29, 1.82) is 0 Å². The third kappa shape index (κ3) is 2.48. The van der Waals surface area contributed by atoms with E-state index in [2.05, 4.69) is 11.0 Å². The summed E-state index contributed by atoms with van der Waals surface area (Å²) in [4.78, 5) is 2.82. The zero-order valence-electron chi connectivity index (χ0n) is 16.2. The number of fused-ring (bicyclic) bond motifs is 1. The Bertz CT molecular complexity index is 625. The lowest BCUT2D eigenvalue weighted by molar-refractivity contribution is -0.160. The second kappa shape index (κ2) is 6.27. The third-order valence-electron chi connectivity index (χ3n) is 8.29. The van der Waals surface area contributed by atoms with Crippen LogP contribution >= 0.6 is 0 Å². The van der Waals surface area contributed by atoms with Crippen LogP contribution in [0, 0.1) is 29.1 Å². The molecule has 4 fully saturated rings. The Hall–Kier alpha value is -1.00. The fourth-order valence-corrected chi connectivity index (χ4v) is 6.98. The molecule has 4 unspecified atom stereocenters. The highest BCUT2D eigenvalue weighted by Crippen LogP contribution is 2.63. The molecule has 6 atom stereocenters. The van der Waals surface area contributed by atoms with Gasteiger partial charge in [-0.1, -0.05) is 6.08 Å². The van der Waals surface area contributed by atoms with E-state index in [0.717, 1.165) is 12.3 Å². The van der Waals surface area contributed by atoms with Crippen LogP contribution < -0.4 is 0 Å². The molecule has 4 heteroatoms. The summed E-state index contributed by atoms with van der Waals surface area (Å²) in [6.45, 7) is 2.49. The lowest BCUT2D eigenvalue weighted by Crippen LogP contribution is -2.65. The molecule has 4 nitrogen and oxygen atoms in total. The molecule has 0 aromatic rings. The number of hydrogen-bond donors (Lipinski definition) is 1. The Labute approximate surface area is 157 Å². The highest BCUT2D eigenvalue weighted by molar-refractivity contribution is 5.30. The van der Waals surface area contributed by atoms with Crippen LogP contribution in [0.3, 0.4) is 0 Å². The Morgan fingerprint density at radius 1 is 1.23 bits per heavy atom. The number of piperidine rings is 1. The second-order valence-electron chi connectivity index (χ2n) is 9.42. The van der Waals surface area contributed by atoms with Crippen molar-refractivity contribution in [1.82, 2.24) is 4.90 Å². The molecule has 3 saturated carbocycles. The van der Waals surface area contributed by atoms with Crippen LogP contribution in [-0.4, -0.2) is 49.5 Å². The number of methoxy groups -OCH3 is 2. The summed E-state index contributed by atoms with van der Waals surface area (Å²) in [5.41, 5.74) is 0.172. The highest BCUT2D eigenvalue weighted by atomic mass is 16.5. The van der Waals surface area contributed by atoms with E-state index in [-0.39, 0.29) is 11.3 Å². The maximum absolute atomic E-state index is 11.1. The van der Waals surface area contributed by atoms with E-state index in [0.29, 0.717) is 35.5 Å². The van der Waals surface area contributed by atoms with Crippen molar-refractivity contribution in [3.63, 3.8) is 0 Å². The van der Waals surface area contributed by atoms with E-state index in [1.54, 1.807) is 7.11 Å². The lowest BCUT2D eigenvalue weighted by atomic mass is 9.46. The number of nitrogens with zero attached hydrogens (tertiary/aromatic N) is 1. The molecule has 0 amide bonds. The van der Waals surface area contributed by atoms with Crippen LogP contribution in [0.25, 0.3) is 0 Å². The summed E-state index contributed by atoms with van der Waals surface area (Å²) >= 11 is 0. The van der Waals surface area contributed by atoms with E-state index in [1.165, 1.54) is 51.6 Å². The van der Waals surface area contributed by atoms with Gasteiger partial charge in [0.2, 0.25) is 0 Å². The van der Waals surface area contributed by atoms with Gasteiger partial charge in [0.25, 0.3) is 0 Å². The van der Waals surface area contributed by atoms with Gasteiger partial charge in [-0.25, -0.2) is 0 Å². The number of hydrogen-bond acceptors (Lipinski definition) is 4. The van der Waals surface area contributed by atoms with Gasteiger partial charge in [-0.15, -0.1) is 0 Å². The Morgan fingerprint density at radius 3 is 2.81 bits per heavy atom. The van der Waals surface area contributed by atoms with Gasteiger partial charge in [0.1, 0.15) is 5.76 Å². The van der Waals surface area contributed by atoms with E-state index in [9.17, 15) is 5.11 Å². The van der Waals surface area contributed by atoms with E-state index in [4.69, 9.17) is 9.47 Å². The first-order chi connectivity index (χ1) is 12.7. The molecule has 26 heavy (non-hydrogen) atoms. The molecule has 4 aliphatic carbocycles. The van der Waals surface area contributed by atoms with Gasteiger partial charge in [0.15, 0.2) is 5.76 Å². The predicted molar refractivity (Wildman–Crippen MR) is 101 cm³/mol. The van der Waals surface area contributed by atoms with Gasteiger partial charge in [0.05, 0.1) is 13.2 Å². The number of likely N-dealkylation sites (tertiary alicyclic amines) is 1. The topological polar surface area (TPSA) is 41.9 Å². The molecule has 0 aromatic heterocycles. The van der Waals surface area contributed by atoms with Crippen molar-refractivity contribution >= 4 is 0 Å². The average Bonchev–Trinajstić information content (AvgIpc) is 3.47. The zero-order valence-corrected chi connectivity index (χ0v) is 16.2. The van der Waals surface area contributed by atoms with Gasteiger partial charge in [-0.2, -0.15) is 0 Å². The Morgan fingerprint density at radius 2 is 2.08 bits per heavy atom. The summed E-state index contributed by atoms with van der Waals surface area (Å²) in [7, 11) is 3.53. The van der Waals surface area contributed by atoms with Gasteiger partial charge >= 0.3 is 0 Å². The minimum absolute atomic E-state index is 0.172. The standard InChI is InChI=1S/C22H33NO3/c1-25-16-6-7-17-18-11-15-5-8-19(26-2)21(24)20(15)22(17,12-16)9-10-23(18)13-14-3-4-14/h5,8,14-18,20,24H,3-4,6-7,9-13H2,1-2H3/t15?,16?,17?,18-,20?,22+/m1/s1. The van der Waals surface area contributed by atoms with E-state index >= 15 is 0 Å². The van der Waals surface area contributed by atoms with Crippen LogP contribution in [0.2, 0.25) is 0 Å². The fourth-order valence-electron chi connectivity index (χ4n) is 6.98. The smallest absolute Gasteiger partial charge is 0.156 e. The monoisotopic (exact) mass is 359 g/mol. The fraction of sp³-hybridized carbons (Fsp3) is 0.818. The van der Waals surface area contributed by atoms with Gasteiger partial charge in [-0.3, -0.25) is 4.90 Å². The normalized spacial score (nSPS) is 45.2. The minimum atomic E-state index is 0.172. The minimum Gasteiger partial charge on any atom is -0.508 e. The van der Waals surface area contributed by atoms with Crippen molar-refractivity contribution in [2.75, 3.05) is 27.3 Å². The molecule has 1 aliphatic heterocycles. The van der Waals surface area contributed by atoms with Crippen LogP contribution in [0.4, 0.5) is 0 Å². The maximum atomic E-state index is 11.1. The summed E-state index contributed by atoms with van der Waals surface area (Å²) in [6.07, 6.45) is 13.4. The Kier molecular flexibility index (Phi) is 4.13. The number of ether oxygens (including phenoxy) is 2. The summed E-state index contributed by atoms with van der Waals surface area (Å²) < 4.78 is 11.3. The van der Waals surface area contributed by atoms with Gasteiger partial charge in [-0.05, 0) is 80.7 Å². The molecule has 0 spiro atoms. The molecule has 5 aliphatic rings. The van der Waals surface area contributed by atoms with Crippen molar-refractivity contribution < 1.29 is 14.6 Å². The average molecular weight is 360 g/mol. The van der Waals surface area contributed by atoms with Crippen LogP contribution in [0.5, 0.6) is 0 Å². The third-order valence-corrected chi connectivity index (χ3v) is 8.29. The molecule has 1 saturated heterocycles.